The maximum Gasteiger partial charge on any atom is 0.251 e. The number of amides is 3. The van der Waals surface area contributed by atoms with Crippen LogP contribution in [-0.2, 0) is 40.1 Å². The third-order valence-electron chi connectivity index (χ3n) is 7.23. The average Bonchev–Trinajstić information content (AvgIpc) is 3.49. The van der Waals surface area contributed by atoms with Crippen molar-refractivity contribution in [2.45, 2.75) is 70.6 Å². The number of halogens is 2. The number of likely N-dealkylation sites (tertiary alicyclic amines) is 1. The highest BCUT2D eigenvalue weighted by Gasteiger charge is 2.33. The number of anilines is 1. The Hall–Kier alpha value is -4.65. The van der Waals surface area contributed by atoms with E-state index >= 15 is 0 Å². The fourth-order valence-corrected chi connectivity index (χ4v) is 5.38. The summed E-state index contributed by atoms with van der Waals surface area (Å²) in [6.45, 7) is 2.47. The summed E-state index contributed by atoms with van der Waals surface area (Å²) in [4.78, 5) is 35.8. The molecule has 0 aliphatic carbocycles. The minimum absolute atomic E-state index is 0.0996. The summed E-state index contributed by atoms with van der Waals surface area (Å²) < 4.78 is 24.7. The normalized spacial score (nSPS) is 14.5. The third-order valence-corrected chi connectivity index (χ3v) is 8.13. The van der Waals surface area contributed by atoms with Crippen LogP contribution in [0.4, 0.5) is 13.9 Å². The Kier molecular flexibility index (Phi) is 15.0. The summed E-state index contributed by atoms with van der Waals surface area (Å²) in [6, 6.07) is 17.5. The Morgan fingerprint density at radius 3 is 2.32 bits per heavy atom. The summed E-state index contributed by atoms with van der Waals surface area (Å²) in [5.74, 6) is -2.56. The van der Waals surface area contributed by atoms with Crippen molar-refractivity contribution < 1.29 is 23.2 Å². The van der Waals surface area contributed by atoms with Crippen LogP contribution >= 0.6 is 11.3 Å². The van der Waals surface area contributed by atoms with Gasteiger partial charge >= 0.3 is 0 Å². The summed E-state index contributed by atoms with van der Waals surface area (Å²) >= 11 is 1.39. The minimum atomic E-state index is -2.54. The molecule has 0 radical (unpaired) electrons. The molecule has 252 valence electrons. The molecule has 0 spiro atoms. The molecule has 0 bridgehead atoms. The van der Waals surface area contributed by atoms with Gasteiger partial charge in [-0.15, -0.1) is 10.2 Å². The van der Waals surface area contributed by atoms with Gasteiger partial charge in [-0.05, 0) is 54.5 Å². The molecule has 1 aliphatic heterocycles. The molecule has 6 N–H and O–H groups in total. The molecule has 0 atom stereocenters. The van der Waals surface area contributed by atoms with Gasteiger partial charge in [0.1, 0.15) is 10.8 Å². The highest BCUT2D eigenvalue weighted by atomic mass is 32.1. The third kappa shape index (κ3) is 14.5. The van der Waals surface area contributed by atoms with Crippen LogP contribution in [0.3, 0.4) is 0 Å². The molecule has 1 fully saturated rings. The van der Waals surface area contributed by atoms with E-state index in [9.17, 15) is 23.2 Å². The summed E-state index contributed by atoms with van der Waals surface area (Å²) in [5, 5.41) is 15.2. The molecule has 13 heteroatoms. The Morgan fingerprint density at radius 1 is 0.936 bits per heavy atom. The quantitative estimate of drug-likeness (QED) is 0.109. The minimum Gasteiger partial charge on any atom is -0.402 e. The molecule has 0 unspecified atom stereocenters. The fraction of sp³-hybridized carbons (Fsp3) is 0.382. The number of nitrogens with two attached hydrogens (primary N) is 2. The van der Waals surface area contributed by atoms with Gasteiger partial charge in [0.25, 0.3) is 5.92 Å². The van der Waals surface area contributed by atoms with Crippen molar-refractivity contribution in [1.82, 2.24) is 20.4 Å². The van der Waals surface area contributed by atoms with Crippen molar-refractivity contribution >= 4 is 34.7 Å². The van der Waals surface area contributed by atoms with Gasteiger partial charge in [0.15, 0.2) is 0 Å². The molecule has 3 aromatic rings. The number of nitrogens with one attached hydrogen (secondary N) is 2. The van der Waals surface area contributed by atoms with E-state index in [1.807, 2.05) is 42.5 Å². The van der Waals surface area contributed by atoms with Crippen LogP contribution in [-0.4, -0.2) is 52.3 Å². The fourth-order valence-electron chi connectivity index (χ4n) is 4.58. The molecule has 1 saturated heterocycles. The smallest absolute Gasteiger partial charge is 0.251 e. The molecule has 3 amide bonds. The van der Waals surface area contributed by atoms with E-state index < -0.39 is 5.92 Å². The summed E-state index contributed by atoms with van der Waals surface area (Å²) in [7, 11) is 0. The Labute approximate surface area is 278 Å². The number of carbonyl (C=O) groups is 3. The molecular weight excluding hydrogens is 624 g/mol. The lowest BCUT2D eigenvalue weighted by molar-refractivity contribution is -0.124. The highest BCUT2D eigenvalue weighted by Crippen LogP contribution is 2.26. The predicted octanol–water partition coefficient (Wildman–Crippen LogP) is 4.87. The van der Waals surface area contributed by atoms with Crippen LogP contribution < -0.4 is 22.1 Å². The molecule has 4 rings (SSSR count). The number of benzene rings is 2. The number of nitrogens with zero attached hydrogens (tertiary/aromatic N) is 3. The van der Waals surface area contributed by atoms with Crippen LogP contribution in [0.2, 0.25) is 0 Å². The molecular formula is C34H43F2N7O3S. The van der Waals surface area contributed by atoms with Gasteiger partial charge in [-0.2, -0.15) is 0 Å². The molecule has 1 aliphatic rings. The van der Waals surface area contributed by atoms with Crippen LogP contribution in [0.25, 0.3) is 0 Å². The zero-order chi connectivity index (χ0) is 34.1. The standard InChI is InChI=1S/C28H34N6O2S.C6H9F2NO/c1-2-20-11-8-12-22(17-20)19-26(36)32-28-34-33-27(37-28)14-7-6-13-23(29)15-16-24(30)31-25(35)18-21-9-4-3-5-10-21;7-6(8)1-3-9(5-10)4-2-6/h3-5,8-12,15-17H,2,6-7,13-14,18-19,29-30H2,1H3,(H,31,35)(H,32,34,36);5H,1-4H2/b23-15-,24-16+;. The zero-order valence-electron chi connectivity index (χ0n) is 26.6. The second kappa shape index (κ2) is 19.1. The summed E-state index contributed by atoms with van der Waals surface area (Å²) in [6.07, 6.45) is 8.28. The number of hydrogen-bond acceptors (Lipinski definition) is 8. The largest absolute Gasteiger partial charge is 0.402 e. The van der Waals surface area contributed by atoms with Crippen molar-refractivity contribution in [3.63, 3.8) is 0 Å². The van der Waals surface area contributed by atoms with Crippen LogP contribution in [0.1, 0.15) is 60.7 Å². The van der Waals surface area contributed by atoms with E-state index in [0.717, 1.165) is 41.8 Å². The predicted molar refractivity (Wildman–Crippen MR) is 180 cm³/mol. The van der Waals surface area contributed by atoms with E-state index in [-0.39, 0.29) is 50.0 Å². The first kappa shape index (κ1) is 36.8. The van der Waals surface area contributed by atoms with Gasteiger partial charge in [-0.3, -0.25) is 14.4 Å². The van der Waals surface area contributed by atoms with E-state index in [2.05, 4.69) is 39.9 Å². The van der Waals surface area contributed by atoms with Gasteiger partial charge in [-0.25, -0.2) is 8.78 Å². The van der Waals surface area contributed by atoms with Gasteiger partial charge in [0.05, 0.1) is 12.8 Å². The molecule has 2 aromatic carbocycles. The second-order valence-corrected chi connectivity index (χ2v) is 12.2. The molecule has 0 saturated carbocycles. The lowest BCUT2D eigenvalue weighted by Gasteiger charge is -2.28. The van der Waals surface area contributed by atoms with Crippen LogP contribution in [0.5, 0.6) is 0 Å². The van der Waals surface area contributed by atoms with Crippen molar-refractivity contribution in [1.29, 1.82) is 0 Å². The number of alkyl halides is 2. The van der Waals surface area contributed by atoms with E-state index in [0.29, 0.717) is 30.1 Å². The number of hydrogen-bond donors (Lipinski definition) is 4. The first-order chi connectivity index (χ1) is 22.5. The maximum absolute atomic E-state index is 12.4. The topological polar surface area (TPSA) is 156 Å². The molecule has 2 heterocycles. The average molecular weight is 668 g/mol. The number of rotatable bonds is 14. The Morgan fingerprint density at radius 2 is 1.62 bits per heavy atom. The molecule has 10 nitrogen and oxygen atoms in total. The maximum atomic E-state index is 12.4. The van der Waals surface area contributed by atoms with Gasteiger partial charge in [0.2, 0.25) is 23.4 Å². The molecule has 47 heavy (non-hydrogen) atoms. The number of aryl methyl sites for hydroxylation is 2. The zero-order valence-corrected chi connectivity index (χ0v) is 27.4. The van der Waals surface area contributed by atoms with E-state index in [1.54, 1.807) is 12.2 Å². The van der Waals surface area contributed by atoms with E-state index in [4.69, 9.17) is 11.5 Å². The second-order valence-electron chi connectivity index (χ2n) is 11.2. The monoisotopic (exact) mass is 667 g/mol. The summed E-state index contributed by atoms with van der Waals surface area (Å²) in [5.41, 5.74) is 15.8. The van der Waals surface area contributed by atoms with Gasteiger partial charge < -0.3 is 27.0 Å². The Balaban J connectivity index is 0.000000511. The first-order valence-electron chi connectivity index (χ1n) is 15.6. The van der Waals surface area contributed by atoms with Crippen molar-refractivity contribution in [2.24, 2.45) is 11.5 Å². The van der Waals surface area contributed by atoms with Crippen molar-refractivity contribution in [3.8, 4) is 0 Å². The lowest BCUT2D eigenvalue weighted by atomic mass is 10.1. The van der Waals surface area contributed by atoms with Gasteiger partial charge in [0, 0.05) is 38.0 Å². The number of unbranched alkanes of at least 4 members (excludes halogenated alkanes) is 1. The highest BCUT2D eigenvalue weighted by molar-refractivity contribution is 7.15. The first-order valence-corrected chi connectivity index (χ1v) is 16.4. The SMILES string of the molecule is CCc1cccc(CC(=O)Nc2nnc(CCCC/C(N)=C/C=C(\N)NC(=O)Cc3ccccc3)s2)c1.O=CN1CCC(F)(F)CC1. The van der Waals surface area contributed by atoms with Crippen LogP contribution in [0, 0.1) is 0 Å². The van der Waals surface area contributed by atoms with Crippen LogP contribution in [0.15, 0.2) is 78.3 Å². The Bertz CT molecular complexity index is 1500. The van der Waals surface area contributed by atoms with E-state index in [1.165, 1.54) is 21.8 Å². The number of carbonyl (C=O) groups excluding carboxylic acids is 3. The number of allylic oxidation sites excluding steroid dienone is 3. The molecule has 1 aromatic heterocycles. The number of piperidine rings is 1. The lowest BCUT2D eigenvalue weighted by Crippen LogP contribution is -2.38. The van der Waals surface area contributed by atoms with Crippen molar-refractivity contribution in [2.75, 3.05) is 18.4 Å². The van der Waals surface area contributed by atoms with Gasteiger partial charge in [-0.1, -0.05) is 72.9 Å². The van der Waals surface area contributed by atoms with Crippen molar-refractivity contribution in [3.05, 3.63) is 100.0 Å². The number of aromatic nitrogens is 2.